The minimum atomic E-state index is -3.71. The van der Waals surface area contributed by atoms with Gasteiger partial charge in [0, 0.05) is 9.77 Å². The van der Waals surface area contributed by atoms with Gasteiger partial charge in [0.2, 0.25) is 10.0 Å². The summed E-state index contributed by atoms with van der Waals surface area (Å²) in [5.41, 5.74) is 0.386. The lowest BCUT2D eigenvalue weighted by molar-refractivity contribution is 0.0951. The molecule has 3 N–H and O–H groups in total. The molecule has 0 aliphatic heterocycles. The van der Waals surface area contributed by atoms with E-state index in [1.54, 1.807) is 18.2 Å². The molecule has 0 unspecified atom stereocenters. The van der Waals surface area contributed by atoms with Gasteiger partial charge in [-0.15, -0.1) is 23.1 Å². The predicted molar refractivity (Wildman–Crippen MR) is 90.1 cm³/mol. The van der Waals surface area contributed by atoms with Crippen LogP contribution >= 0.6 is 34.7 Å². The average Bonchev–Trinajstić information content (AvgIpc) is 2.94. The number of nitrogens with two attached hydrogens (primary N) is 1. The van der Waals surface area contributed by atoms with Crippen LogP contribution in [-0.4, -0.2) is 20.6 Å². The first-order chi connectivity index (χ1) is 10.3. The molecule has 22 heavy (non-hydrogen) atoms. The quantitative estimate of drug-likeness (QED) is 0.785. The van der Waals surface area contributed by atoms with E-state index < -0.39 is 10.0 Å². The van der Waals surface area contributed by atoms with Gasteiger partial charge in [0.15, 0.2) is 0 Å². The van der Waals surface area contributed by atoms with Crippen LogP contribution in [0.4, 0.5) is 0 Å². The van der Waals surface area contributed by atoms with Crippen molar-refractivity contribution < 1.29 is 13.2 Å². The third-order valence-electron chi connectivity index (χ3n) is 2.76. The molecule has 0 radical (unpaired) electrons. The topological polar surface area (TPSA) is 89.3 Å². The van der Waals surface area contributed by atoms with Crippen LogP contribution in [0.2, 0.25) is 5.02 Å². The van der Waals surface area contributed by atoms with Crippen molar-refractivity contribution in [3.63, 3.8) is 0 Å². The Labute approximate surface area is 141 Å². The van der Waals surface area contributed by atoms with Gasteiger partial charge in [-0.25, -0.2) is 13.6 Å². The van der Waals surface area contributed by atoms with E-state index in [9.17, 15) is 13.2 Å². The zero-order valence-corrected chi connectivity index (χ0v) is 14.7. The lowest BCUT2D eigenvalue weighted by Gasteiger charge is -2.07. The molecule has 0 bridgehead atoms. The van der Waals surface area contributed by atoms with E-state index >= 15 is 0 Å². The zero-order valence-electron chi connectivity index (χ0n) is 11.5. The maximum Gasteiger partial charge on any atom is 0.253 e. The number of halogens is 1. The summed E-state index contributed by atoms with van der Waals surface area (Å²) < 4.78 is 22.5. The average molecular weight is 377 g/mol. The Kier molecular flexibility index (Phi) is 5.51. The van der Waals surface area contributed by atoms with Crippen LogP contribution in [0.25, 0.3) is 0 Å². The smallest absolute Gasteiger partial charge is 0.253 e. The van der Waals surface area contributed by atoms with Crippen molar-refractivity contribution in [1.82, 2.24) is 5.32 Å². The first kappa shape index (κ1) is 17.3. The highest BCUT2D eigenvalue weighted by molar-refractivity contribution is 7.98. The minimum Gasteiger partial charge on any atom is -0.347 e. The van der Waals surface area contributed by atoms with Crippen LogP contribution in [0.1, 0.15) is 15.2 Å². The van der Waals surface area contributed by atoms with E-state index in [4.69, 9.17) is 16.7 Å². The maximum atomic E-state index is 12.2. The second-order valence-electron chi connectivity index (χ2n) is 4.29. The van der Waals surface area contributed by atoms with E-state index in [1.165, 1.54) is 17.8 Å². The van der Waals surface area contributed by atoms with Crippen molar-refractivity contribution in [3.05, 3.63) is 45.8 Å². The summed E-state index contributed by atoms with van der Waals surface area (Å²) >= 11 is 8.57. The molecule has 0 aliphatic carbocycles. The van der Waals surface area contributed by atoms with Gasteiger partial charge in [0.1, 0.15) is 4.21 Å². The number of thioether (sulfide) groups is 1. The summed E-state index contributed by atoms with van der Waals surface area (Å²) in [6.07, 6.45) is 1.91. The second-order valence-corrected chi connectivity index (χ2v) is 8.54. The third kappa shape index (κ3) is 4.23. The standard InChI is InChI=1S/C13H13ClN2O3S3/c1-20-8-2-4-11(14)10(6-8)13(17)16-7-9-3-5-12(21-9)22(15,18)19/h2-6H,7H2,1H3,(H,16,17)(H2,15,18,19). The molecule has 0 spiro atoms. The Morgan fingerprint density at radius 2 is 2.09 bits per heavy atom. The number of hydrogen-bond acceptors (Lipinski definition) is 5. The fourth-order valence-electron chi connectivity index (χ4n) is 1.67. The van der Waals surface area contributed by atoms with Crippen molar-refractivity contribution in [2.24, 2.45) is 5.14 Å². The molecule has 118 valence electrons. The van der Waals surface area contributed by atoms with Crippen molar-refractivity contribution in [3.8, 4) is 0 Å². The Morgan fingerprint density at radius 1 is 1.36 bits per heavy atom. The highest BCUT2D eigenvalue weighted by Crippen LogP contribution is 2.24. The molecule has 0 saturated heterocycles. The highest BCUT2D eigenvalue weighted by Gasteiger charge is 2.14. The lowest BCUT2D eigenvalue weighted by atomic mass is 10.2. The van der Waals surface area contributed by atoms with Gasteiger partial charge in [-0.3, -0.25) is 4.79 Å². The molecular weight excluding hydrogens is 364 g/mol. The van der Waals surface area contributed by atoms with Gasteiger partial charge >= 0.3 is 0 Å². The van der Waals surface area contributed by atoms with Crippen molar-refractivity contribution in [2.45, 2.75) is 15.6 Å². The molecule has 1 aromatic carbocycles. The van der Waals surface area contributed by atoms with Crippen molar-refractivity contribution in [1.29, 1.82) is 0 Å². The second kappa shape index (κ2) is 7.01. The van der Waals surface area contributed by atoms with Crippen LogP contribution in [0.15, 0.2) is 39.4 Å². The molecule has 0 fully saturated rings. The number of sulfonamides is 1. The van der Waals surface area contributed by atoms with E-state index in [-0.39, 0.29) is 16.7 Å². The lowest BCUT2D eigenvalue weighted by Crippen LogP contribution is -2.22. The van der Waals surface area contributed by atoms with Crippen LogP contribution in [-0.2, 0) is 16.6 Å². The SMILES string of the molecule is CSc1ccc(Cl)c(C(=O)NCc2ccc(S(N)(=O)=O)s2)c1. The zero-order chi connectivity index (χ0) is 16.3. The summed E-state index contributed by atoms with van der Waals surface area (Å²) in [7, 11) is -3.71. The van der Waals surface area contributed by atoms with Gasteiger partial charge in [0.05, 0.1) is 17.1 Å². The number of carbonyl (C=O) groups is 1. The van der Waals surface area contributed by atoms with Crippen LogP contribution < -0.4 is 10.5 Å². The molecule has 1 heterocycles. The number of nitrogens with one attached hydrogen (secondary N) is 1. The van der Waals surface area contributed by atoms with Crippen LogP contribution in [0, 0.1) is 0 Å². The number of amides is 1. The van der Waals surface area contributed by atoms with Gasteiger partial charge < -0.3 is 5.32 Å². The van der Waals surface area contributed by atoms with Crippen LogP contribution in [0.3, 0.4) is 0 Å². The normalized spacial score (nSPS) is 11.4. The van der Waals surface area contributed by atoms with E-state index in [0.29, 0.717) is 15.5 Å². The van der Waals surface area contributed by atoms with Gasteiger partial charge in [-0.2, -0.15) is 0 Å². The van der Waals surface area contributed by atoms with E-state index in [2.05, 4.69) is 5.32 Å². The molecule has 2 aromatic rings. The fraction of sp³-hybridized carbons (Fsp3) is 0.154. The van der Waals surface area contributed by atoms with E-state index in [0.717, 1.165) is 16.2 Å². The number of rotatable bonds is 5. The number of hydrogen-bond donors (Lipinski definition) is 2. The molecule has 1 amide bonds. The summed E-state index contributed by atoms with van der Waals surface area (Å²) in [5.74, 6) is -0.313. The molecule has 0 aliphatic rings. The highest BCUT2D eigenvalue weighted by atomic mass is 35.5. The molecular formula is C13H13ClN2O3S3. The van der Waals surface area contributed by atoms with Crippen molar-refractivity contribution >= 4 is 50.6 Å². The van der Waals surface area contributed by atoms with E-state index in [1.807, 2.05) is 12.3 Å². The summed E-state index contributed by atoms with van der Waals surface area (Å²) in [6, 6.07) is 8.26. The van der Waals surface area contributed by atoms with Gasteiger partial charge in [-0.05, 0) is 36.6 Å². The first-order valence-electron chi connectivity index (χ1n) is 6.04. The van der Waals surface area contributed by atoms with Crippen molar-refractivity contribution in [2.75, 3.05) is 6.26 Å². The summed E-state index contributed by atoms with van der Waals surface area (Å²) in [5, 5.41) is 8.13. The largest absolute Gasteiger partial charge is 0.347 e. The predicted octanol–water partition coefficient (Wildman–Crippen LogP) is 2.70. The molecule has 2 rings (SSSR count). The number of thiophene rings is 1. The summed E-state index contributed by atoms with van der Waals surface area (Å²) in [4.78, 5) is 13.8. The first-order valence-corrected chi connectivity index (χ1v) is 10.0. The Balaban J connectivity index is 2.09. The third-order valence-corrected chi connectivity index (χ3v) is 6.34. The monoisotopic (exact) mass is 376 g/mol. The molecule has 1 aromatic heterocycles. The molecule has 0 atom stereocenters. The fourth-order valence-corrected chi connectivity index (χ4v) is 4.04. The number of benzene rings is 1. The van der Waals surface area contributed by atoms with Gasteiger partial charge in [0.25, 0.3) is 5.91 Å². The van der Waals surface area contributed by atoms with Crippen LogP contribution in [0.5, 0.6) is 0 Å². The molecule has 9 heteroatoms. The Hall–Kier alpha value is -1.06. The minimum absolute atomic E-state index is 0.0687. The Bertz CT molecular complexity index is 803. The summed E-state index contributed by atoms with van der Waals surface area (Å²) in [6.45, 7) is 0.207. The number of carbonyl (C=O) groups excluding carboxylic acids is 1. The molecule has 0 saturated carbocycles. The number of primary sulfonamides is 1. The maximum absolute atomic E-state index is 12.2. The Morgan fingerprint density at radius 3 is 2.68 bits per heavy atom. The van der Waals surface area contributed by atoms with Gasteiger partial charge in [-0.1, -0.05) is 11.6 Å². The molecule has 5 nitrogen and oxygen atoms in total.